The van der Waals surface area contributed by atoms with Crippen LogP contribution < -0.4 is 4.74 Å². The number of benzene rings is 2. The van der Waals surface area contributed by atoms with Crippen LogP contribution in [0.15, 0.2) is 42.5 Å². The van der Waals surface area contributed by atoms with Crippen LogP contribution >= 0.6 is 0 Å². The average Bonchev–Trinajstić information content (AvgIpc) is 2.52. The molecule has 0 saturated heterocycles. The van der Waals surface area contributed by atoms with Gasteiger partial charge < -0.3 is 4.74 Å². The summed E-state index contributed by atoms with van der Waals surface area (Å²) in [6.07, 6.45) is 3.65. The molecule has 0 bridgehead atoms. The summed E-state index contributed by atoms with van der Waals surface area (Å²) in [6.45, 7) is 3.92. The molecular formula is C18H19NO3. The molecule has 0 fully saturated rings. The Bertz CT molecular complexity index is 688. The molecule has 0 heterocycles. The van der Waals surface area contributed by atoms with E-state index in [1.807, 2.05) is 56.3 Å². The molecule has 0 aromatic heterocycles. The molecule has 0 aliphatic carbocycles. The van der Waals surface area contributed by atoms with Gasteiger partial charge in [-0.15, -0.1) is 0 Å². The number of para-hydroxylation sites is 1. The highest BCUT2D eigenvalue weighted by molar-refractivity contribution is 5.75. The maximum absolute atomic E-state index is 11.4. The Hall–Kier alpha value is -2.62. The molecule has 4 heteroatoms. The van der Waals surface area contributed by atoms with Crippen molar-refractivity contribution in [1.82, 2.24) is 0 Å². The molecule has 0 unspecified atom stereocenters. The van der Waals surface area contributed by atoms with Gasteiger partial charge in [-0.1, -0.05) is 44.2 Å². The monoisotopic (exact) mass is 297 g/mol. The molecule has 2 rings (SSSR count). The second-order valence-corrected chi connectivity index (χ2v) is 5.30. The Kier molecular flexibility index (Phi) is 4.94. The zero-order valence-corrected chi connectivity index (χ0v) is 12.9. The number of hydrogen-bond acceptors (Lipinski definition) is 3. The molecule has 0 atom stereocenters. The van der Waals surface area contributed by atoms with E-state index in [1.54, 1.807) is 19.3 Å². The highest BCUT2D eigenvalue weighted by Gasteiger charge is 2.19. The lowest BCUT2D eigenvalue weighted by atomic mass is 9.97. The van der Waals surface area contributed by atoms with E-state index in [-0.39, 0.29) is 16.5 Å². The highest BCUT2D eigenvalue weighted by atomic mass is 16.6. The fourth-order valence-corrected chi connectivity index (χ4v) is 2.29. The maximum atomic E-state index is 11.4. The van der Waals surface area contributed by atoms with Gasteiger partial charge in [0.2, 0.25) is 0 Å². The largest absolute Gasteiger partial charge is 0.497 e. The number of hydrogen-bond donors (Lipinski definition) is 0. The number of rotatable bonds is 5. The Labute approximate surface area is 130 Å². The minimum absolute atomic E-state index is 0.106. The summed E-state index contributed by atoms with van der Waals surface area (Å²) in [5, 5.41) is 11.4. The third-order valence-corrected chi connectivity index (χ3v) is 3.47. The van der Waals surface area contributed by atoms with Crippen LogP contribution in [0.1, 0.15) is 36.5 Å². The average molecular weight is 297 g/mol. The van der Waals surface area contributed by atoms with Gasteiger partial charge >= 0.3 is 0 Å². The van der Waals surface area contributed by atoms with Gasteiger partial charge in [-0.05, 0) is 35.8 Å². The van der Waals surface area contributed by atoms with Crippen molar-refractivity contribution in [3.8, 4) is 5.75 Å². The Morgan fingerprint density at radius 1 is 1.09 bits per heavy atom. The van der Waals surface area contributed by atoms with Crippen LogP contribution in [0.5, 0.6) is 5.75 Å². The third-order valence-electron chi connectivity index (χ3n) is 3.47. The fraction of sp³-hybridized carbons (Fsp3) is 0.222. The van der Waals surface area contributed by atoms with Gasteiger partial charge in [0, 0.05) is 5.56 Å². The van der Waals surface area contributed by atoms with E-state index in [1.165, 1.54) is 0 Å². The van der Waals surface area contributed by atoms with Crippen molar-refractivity contribution in [2.45, 2.75) is 19.8 Å². The Morgan fingerprint density at radius 2 is 1.77 bits per heavy atom. The van der Waals surface area contributed by atoms with Crippen molar-refractivity contribution in [1.29, 1.82) is 0 Å². The predicted octanol–water partition coefficient (Wildman–Crippen LogP) is 4.90. The van der Waals surface area contributed by atoms with Crippen molar-refractivity contribution in [2.24, 2.45) is 0 Å². The summed E-state index contributed by atoms with van der Waals surface area (Å²) >= 11 is 0. The second kappa shape index (κ2) is 6.89. The molecule has 0 saturated carbocycles. The lowest BCUT2D eigenvalue weighted by Gasteiger charge is -2.08. The maximum Gasteiger partial charge on any atom is 0.279 e. The van der Waals surface area contributed by atoms with Crippen LogP contribution in [0.3, 0.4) is 0 Å². The SMILES string of the molecule is COc1ccc(/C=C/c2cccc(C(C)C)c2[N+](=O)[O-])cc1. The first-order valence-electron chi connectivity index (χ1n) is 7.12. The van der Waals surface area contributed by atoms with Crippen molar-refractivity contribution in [3.05, 3.63) is 69.3 Å². The van der Waals surface area contributed by atoms with Crippen LogP contribution in [0.2, 0.25) is 0 Å². The van der Waals surface area contributed by atoms with Crippen LogP contribution in [0, 0.1) is 10.1 Å². The van der Waals surface area contributed by atoms with Gasteiger partial charge in [-0.25, -0.2) is 0 Å². The molecule has 0 amide bonds. The van der Waals surface area contributed by atoms with E-state index in [2.05, 4.69) is 0 Å². The molecule has 0 aliphatic heterocycles. The summed E-state index contributed by atoms with van der Waals surface area (Å²) < 4.78 is 5.11. The topological polar surface area (TPSA) is 52.4 Å². The van der Waals surface area contributed by atoms with E-state index < -0.39 is 0 Å². The molecular weight excluding hydrogens is 278 g/mol. The van der Waals surface area contributed by atoms with E-state index in [0.29, 0.717) is 5.56 Å². The first-order valence-corrected chi connectivity index (χ1v) is 7.12. The lowest BCUT2D eigenvalue weighted by molar-refractivity contribution is -0.385. The zero-order chi connectivity index (χ0) is 16.1. The molecule has 0 aliphatic rings. The molecule has 0 N–H and O–H groups in total. The fourth-order valence-electron chi connectivity index (χ4n) is 2.29. The minimum Gasteiger partial charge on any atom is -0.497 e. The van der Waals surface area contributed by atoms with E-state index in [9.17, 15) is 10.1 Å². The molecule has 0 spiro atoms. The Balaban J connectivity index is 2.37. The quantitative estimate of drug-likeness (QED) is 0.448. The zero-order valence-electron chi connectivity index (χ0n) is 12.9. The minimum atomic E-state index is -0.303. The number of nitrogens with zero attached hydrogens (tertiary/aromatic N) is 1. The number of ether oxygens (including phenoxy) is 1. The summed E-state index contributed by atoms with van der Waals surface area (Å²) in [7, 11) is 1.62. The van der Waals surface area contributed by atoms with Crippen LogP contribution in [-0.2, 0) is 0 Å². The normalized spacial score (nSPS) is 11.1. The van der Waals surface area contributed by atoms with E-state index in [0.717, 1.165) is 16.9 Å². The molecule has 0 radical (unpaired) electrons. The van der Waals surface area contributed by atoms with Crippen molar-refractivity contribution in [3.63, 3.8) is 0 Å². The molecule has 114 valence electrons. The van der Waals surface area contributed by atoms with E-state index in [4.69, 9.17) is 4.74 Å². The standard InChI is InChI=1S/C18H19NO3/c1-13(2)17-6-4-5-15(18(17)19(20)21)10-7-14-8-11-16(22-3)12-9-14/h4-13H,1-3H3/b10-7+. The Morgan fingerprint density at radius 3 is 2.32 bits per heavy atom. The number of nitro benzene ring substituents is 1. The summed E-state index contributed by atoms with van der Waals surface area (Å²) in [6, 6.07) is 13.0. The van der Waals surface area contributed by atoms with Crippen LogP contribution in [-0.4, -0.2) is 12.0 Å². The van der Waals surface area contributed by atoms with E-state index >= 15 is 0 Å². The van der Waals surface area contributed by atoms with Crippen molar-refractivity contribution < 1.29 is 9.66 Å². The first kappa shape index (κ1) is 15.8. The van der Waals surface area contributed by atoms with Gasteiger partial charge in [0.15, 0.2) is 0 Å². The van der Waals surface area contributed by atoms with Gasteiger partial charge in [0.25, 0.3) is 5.69 Å². The first-order chi connectivity index (χ1) is 10.5. The van der Waals surface area contributed by atoms with Crippen LogP contribution in [0.25, 0.3) is 12.2 Å². The van der Waals surface area contributed by atoms with Crippen LogP contribution in [0.4, 0.5) is 5.69 Å². The number of nitro groups is 1. The summed E-state index contributed by atoms with van der Waals surface area (Å²) in [5.41, 5.74) is 2.52. The molecule has 2 aromatic rings. The van der Waals surface area contributed by atoms with Gasteiger partial charge in [-0.2, -0.15) is 0 Å². The molecule has 22 heavy (non-hydrogen) atoms. The van der Waals surface area contributed by atoms with Crippen molar-refractivity contribution in [2.75, 3.05) is 7.11 Å². The summed E-state index contributed by atoms with van der Waals surface area (Å²) in [5.74, 6) is 0.889. The van der Waals surface area contributed by atoms with Gasteiger partial charge in [0.1, 0.15) is 5.75 Å². The third kappa shape index (κ3) is 3.52. The predicted molar refractivity (Wildman–Crippen MR) is 89.1 cm³/mol. The molecule has 2 aromatic carbocycles. The number of methoxy groups -OCH3 is 1. The second-order valence-electron chi connectivity index (χ2n) is 5.30. The summed E-state index contributed by atoms with van der Waals surface area (Å²) in [4.78, 5) is 11.1. The lowest BCUT2D eigenvalue weighted by Crippen LogP contribution is -1.99. The van der Waals surface area contributed by atoms with Gasteiger partial charge in [0.05, 0.1) is 17.6 Å². The highest BCUT2D eigenvalue weighted by Crippen LogP contribution is 2.31. The van der Waals surface area contributed by atoms with Crippen molar-refractivity contribution >= 4 is 17.8 Å². The smallest absolute Gasteiger partial charge is 0.279 e. The molecule has 4 nitrogen and oxygen atoms in total. The van der Waals surface area contributed by atoms with Gasteiger partial charge in [-0.3, -0.25) is 10.1 Å².